The Morgan fingerprint density at radius 1 is 1.36 bits per heavy atom. The van der Waals surface area contributed by atoms with E-state index in [1.54, 1.807) is 30.5 Å². The van der Waals surface area contributed by atoms with E-state index in [2.05, 4.69) is 22.2 Å². The molecule has 6 nitrogen and oxygen atoms in total. The maximum atomic E-state index is 11.8. The van der Waals surface area contributed by atoms with Crippen molar-refractivity contribution in [2.24, 2.45) is 0 Å². The summed E-state index contributed by atoms with van der Waals surface area (Å²) >= 11 is 0. The van der Waals surface area contributed by atoms with Crippen molar-refractivity contribution < 1.29 is 13.9 Å². The molecule has 0 unspecified atom stereocenters. The molecule has 1 saturated heterocycles. The van der Waals surface area contributed by atoms with Gasteiger partial charge in [-0.1, -0.05) is 0 Å². The van der Waals surface area contributed by atoms with Crippen LogP contribution in [0, 0.1) is 0 Å². The maximum absolute atomic E-state index is 11.8. The van der Waals surface area contributed by atoms with Crippen molar-refractivity contribution in [2.75, 3.05) is 25.5 Å². The number of piperidine rings is 1. The Bertz CT molecular complexity index is 602. The first-order valence-electron chi connectivity index (χ1n) is 7.37. The summed E-state index contributed by atoms with van der Waals surface area (Å²) in [6.45, 7) is 2.09. The van der Waals surface area contributed by atoms with Gasteiger partial charge in [0.1, 0.15) is 6.10 Å². The van der Waals surface area contributed by atoms with Gasteiger partial charge in [0.15, 0.2) is 5.76 Å². The van der Waals surface area contributed by atoms with Crippen LogP contribution in [0.5, 0.6) is 5.88 Å². The molecule has 1 fully saturated rings. The lowest BCUT2D eigenvalue weighted by atomic mass is 10.1. The second-order valence-electron chi connectivity index (χ2n) is 5.44. The van der Waals surface area contributed by atoms with Crippen LogP contribution in [0.25, 0.3) is 0 Å². The summed E-state index contributed by atoms with van der Waals surface area (Å²) in [6, 6.07) is 6.83. The first-order valence-corrected chi connectivity index (χ1v) is 7.37. The van der Waals surface area contributed by atoms with E-state index in [1.165, 1.54) is 6.26 Å². The fourth-order valence-electron chi connectivity index (χ4n) is 2.40. The molecule has 1 amide bonds. The van der Waals surface area contributed by atoms with E-state index in [-0.39, 0.29) is 17.8 Å². The Hall–Kier alpha value is -2.34. The van der Waals surface area contributed by atoms with Crippen LogP contribution in [0.1, 0.15) is 23.4 Å². The van der Waals surface area contributed by atoms with Crippen LogP contribution in [0.4, 0.5) is 5.69 Å². The third-order valence-corrected chi connectivity index (χ3v) is 3.69. The number of carbonyl (C=O) groups excluding carboxylic acids is 1. The van der Waals surface area contributed by atoms with Gasteiger partial charge in [-0.05, 0) is 38.1 Å². The van der Waals surface area contributed by atoms with E-state index in [0.717, 1.165) is 25.9 Å². The highest BCUT2D eigenvalue weighted by Gasteiger charge is 2.18. The number of nitrogens with one attached hydrogen (secondary N) is 1. The monoisotopic (exact) mass is 301 g/mol. The fourth-order valence-corrected chi connectivity index (χ4v) is 2.40. The number of aromatic nitrogens is 1. The smallest absolute Gasteiger partial charge is 0.291 e. The van der Waals surface area contributed by atoms with E-state index >= 15 is 0 Å². The molecule has 0 aliphatic carbocycles. The zero-order valence-corrected chi connectivity index (χ0v) is 12.5. The predicted octanol–water partition coefficient (Wildman–Crippen LogP) is 2.40. The molecule has 1 N–H and O–H groups in total. The van der Waals surface area contributed by atoms with Gasteiger partial charge in [0.2, 0.25) is 5.88 Å². The van der Waals surface area contributed by atoms with Crippen LogP contribution in [0.2, 0.25) is 0 Å². The first-order chi connectivity index (χ1) is 10.7. The quantitative estimate of drug-likeness (QED) is 0.939. The number of rotatable bonds is 4. The van der Waals surface area contributed by atoms with Gasteiger partial charge < -0.3 is 19.4 Å². The molecular formula is C16H19N3O3. The second-order valence-corrected chi connectivity index (χ2v) is 5.44. The van der Waals surface area contributed by atoms with Crippen LogP contribution >= 0.6 is 0 Å². The molecule has 1 aliphatic heterocycles. The number of carbonyl (C=O) groups is 1. The Labute approximate surface area is 129 Å². The summed E-state index contributed by atoms with van der Waals surface area (Å²) in [5, 5.41) is 2.72. The standard InChI is InChI=1S/C16H19N3O3/c1-19-8-6-13(7-9-19)22-15-5-4-12(11-17-15)18-16(20)14-3-2-10-21-14/h2-5,10-11,13H,6-9H2,1H3,(H,18,20). The van der Waals surface area contributed by atoms with Gasteiger partial charge in [-0.25, -0.2) is 4.98 Å². The number of hydrogen-bond acceptors (Lipinski definition) is 5. The summed E-state index contributed by atoms with van der Waals surface area (Å²) in [7, 11) is 2.12. The number of furan rings is 1. The average Bonchev–Trinajstić information content (AvgIpc) is 3.06. The largest absolute Gasteiger partial charge is 0.474 e. The van der Waals surface area contributed by atoms with Crippen molar-refractivity contribution in [2.45, 2.75) is 18.9 Å². The molecule has 0 atom stereocenters. The van der Waals surface area contributed by atoms with Gasteiger partial charge in [0.05, 0.1) is 18.1 Å². The van der Waals surface area contributed by atoms with Crippen molar-refractivity contribution >= 4 is 11.6 Å². The molecule has 22 heavy (non-hydrogen) atoms. The molecule has 2 aromatic heterocycles. The molecule has 3 heterocycles. The van der Waals surface area contributed by atoms with Crippen LogP contribution in [-0.2, 0) is 0 Å². The highest BCUT2D eigenvalue weighted by atomic mass is 16.5. The molecule has 0 aromatic carbocycles. The van der Waals surface area contributed by atoms with E-state index < -0.39 is 0 Å². The van der Waals surface area contributed by atoms with Gasteiger partial charge in [-0.3, -0.25) is 4.79 Å². The minimum atomic E-state index is -0.296. The van der Waals surface area contributed by atoms with Crippen LogP contribution < -0.4 is 10.1 Å². The van der Waals surface area contributed by atoms with Crippen molar-refractivity contribution in [3.05, 3.63) is 42.5 Å². The predicted molar refractivity (Wildman–Crippen MR) is 82.0 cm³/mol. The minimum Gasteiger partial charge on any atom is -0.474 e. The molecule has 0 spiro atoms. The number of nitrogens with zero attached hydrogens (tertiary/aromatic N) is 2. The molecule has 0 saturated carbocycles. The van der Waals surface area contributed by atoms with Crippen molar-refractivity contribution in [1.29, 1.82) is 0 Å². The molecule has 0 bridgehead atoms. The van der Waals surface area contributed by atoms with Gasteiger partial charge in [0, 0.05) is 19.2 Å². The van der Waals surface area contributed by atoms with Crippen molar-refractivity contribution in [1.82, 2.24) is 9.88 Å². The number of hydrogen-bond donors (Lipinski definition) is 1. The number of ether oxygens (including phenoxy) is 1. The average molecular weight is 301 g/mol. The van der Waals surface area contributed by atoms with E-state index in [1.807, 2.05) is 0 Å². The number of pyridine rings is 1. The van der Waals surface area contributed by atoms with E-state index in [0.29, 0.717) is 11.6 Å². The molecule has 0 radical (unpaired) electrons. The Morgan fingerprint density at radius 2 is 2.18 bits per heavy atom. The molecule has 3 rings (SSSR count). The highest BCUT2D eigenvalue weighted by Crippen LogP contribution is 2.18. The number of likely N-dealkylation sites (tertiary alicyclic amines) is 1. The number of anilines is 1. The lowest BCUT2D eigenvalue weighted by molar-refractivity contribution is 0.0996. The van der Waals surface area contributed by atoms with Crippen molar-refractivity contribution in [3.8, 4) is 5.88 Å². The van der Waals surface area contributed by atoms with Crippen LogP contribution in [0.3, 0.4) is 0 Å². The number of amides is 1. The molecular weight excluding hydrogens is 282 g/mol. The SMILES string of the molecule is CN1CCC(Oc2ccc(NC(=O)c3ccco3)cn2)CC1. The maximum Gasteiger partial charge on any atom is 0.291 e. The third kappa shape index (κ3) is 3.65. The Kier molecular flexibility index (Phi) is 4.39. The van der Waals surface area contributed by atoms with Gasteiger partial charge in [-0.2, -0.15) is 0 Å². The van der Waals surface area contributed by atoms with E-state index in [4.69, 9.17) is 9.15 Å². The minimum absolute atomic E-state index is 0.215. The van der Waals surface area contributed by atoms with Crippen LogP contribution in [0.15, 0.2) is 41.1 Å². The highest BCUT2D eigenvalue weighted by molar-refractivity contribution is 6.02. The summed E-state index contributed by atoms with van der Waals surface area (Å²) < 4.78 is 10.9. The summed E-state index contributed by atoms with van der Waals surface area (Å²) in [5.41, 5.74) is 0.608. The summed E-state index contributed by atoms with van der Waals surface area (Å²) in [6.07, 6.45) is 5.29. The van der Waals surface area contributed by atoms with Crippen LogP contribution in [-0.4, -0.2) is 42.0 Å². The summed E-state index contributed by atoms with van der Waals surface area (Å²) in [4.78, 5) is 18.4. The van der Waals surface area contributed by atoms with Crippen molar-refractivity contribution in [3.63, 3.8) is 0 Å². The lowest BCUT2D eigenvalue weighted by Gasteiger charge is -2.28. The van der Waals surface area contributed by atoms with E-state index in [9.17, 15) is 4.79 Å². The molecule has 1 aliphatic rings. The van der Waals surface area contributed by atoms with Gasteiger partial charge in [-0.15, -0.1) is 0 Å². The summed E-state index contributed by atoms with van der Waals surface area (Å²) in [5.74, 6) is 0.563. The zero-order chi connectivity index (χ0) is 15.4. The second kappa shape index (κ2) is 6.62. The first kappa shape index (κ1) is 14.6. The Morgan fingerprint density at radius 3 is 2.82 bits per heavy atom. The molecule has 6 heteroatoms. The Balaban J connectivity index is 1.55. The zero-order valence-electron chi connectivity index (χ0n) is 12.5. The van der Waals surface area contributed by atoms with Gasteiger partial charge in [0.25, 0.3) is 5.91 Å². The third-order valence-electron chi connectivity index (χ3n) is 3.69. The lowest BCUT2D eigenvalue weighted by Crippen LogP contribution is -2.35. The normalized spacial score (nSPS) is 16.4. The van der Waals surface area contributed by atoms with Gasteiger partial charge >= 0.3 is 0 Å². The fraction of sp³-hybridized carbons (Fsp3) is 0.375. The molecule has 116 valence electrons. The topological polar surface area (TPSA) is 67.6 Å². The molecule has 2 aromatic rings.